The lowest BCUT2D eigenvalue weighted by Crippen LogP contribution is -2.49. The summed E-state index contributed by atoms with van der Waals surface area (Å²) in [5.74, 6) is -0.484. The Morgan fingerprint density at radius 3 is 2.68 bits per heavy atom. The molecule has 1 N–H and O–H groups in total. The molecule has 1 fully saturated rings. The Morgan fingerprint density at radius 1 is 1.21 bits per heavy atom. The lowest BCUT2D eigenvalue weighted by molar-refractivity contribution is -0.0645. The topological polar surface area (TPSA) is 59.0 Å². The molecular formula is C28H42FNO4. The van der Waals surface area contributed by atoms with Crippen molar-refractivity contribution in [3.05, 3.63) is 41.2 Å². The highest BCUT2D eigenvalue weighted by molar-refractivity contribution is 5.71. The Kier molecular flexibility index (Phi) is 9.16. The maximum absolute atomic E-state index is 15.3. The number of unbranched alkanes of at least 4 members (excludes halogenated alkanes) is 1. The van der Waals surface area contributed by atoms with Gasteiger partial charge in [0.05, 0.1) is 5.60 Å². The van der Waals surface area contributed by atoms with Crippen LogP contribution in [-0.4, -0.2) is 48.5 Å². The van der Waals surface area contributed by atoms with Gasteiger partial charge in [0.15, 0.2) is 0 Å². The molecule has 1 aromatic rings. The van der Waals surface area contributed by atoms with E-state index in [1.54, 1.807) is 18.1 Å². The van der Waals surface area contributed by atoms with Crippen LogP contribution in [0, 0.1) is 11.7 Å². The number of allylic oxidation sites excluding steroid dienone is 2. The second-order valence-corrected chi connectivity index (χ2v) is 10.8. The van der Waals surface area contributed by atoms with E-state index in [0.717, 1.165) is 56.9 Å². The smallest absolute Gasteiger partial charge is 0.410 e. The van der Waals surface area contributed by atoms with Gasteiger partial charge in [-0.05, 0) is 95.8 Å². The van der Waals surface area contributed by atoms with Gasteiger partial charge in [-0.2, -0.15) is 0 Å². The number of nitrogens with zero attached hydrogens (tertiary/aromatic N) is 1. The molecular weight excluding hydrogens is 433 g/mol. The zero-order valence-corrected chi connectivity index (χ0v) is 21.4. The Hall–Kier alpha value is -1.92. The van der Waals surface area contributed by atoms with E-state index in [-0.39, 0.29) is 17.8 Å². The van der Waals surface area contributed by atoms with Crippen molar-refractivity contribution < 1.29 is 23.8 Å². The van der Waals surface area contributed by atoms with E-state index in [0.29, 0.717) is 37.2 Å². The van der Waals surface area contributed by atoms with Crippen molar-refractivity contribution in [2.24, 2.45) is 5.92 Å². The van der Waals surface area contributed by atoms with Crippen LogP contribution in [0.15, 0.2) is 24.3 Å². The molecule has 2 aliphatic rings. The van der Waals surface area contributed by atoms with E-state index in [4.69, 9.17) is 9.47 Å². The summed E-state index contributed by atoms with van der Waals surface area (Å²) in [5, 5.41) is 12.4. The van der Waals surface area contributed by atoms with Crippen molar-refractivity contribution >= 4 is 11.7 Å². The summed E-state index contributed by atoms with van der Waals surface area (Å²) >= 11 is 0. The molecule has 5 nitrogen and oxygen atoms in total. The van der Waals surface area contributed by atoms with E-state index in [1.807, 2.05) is 26.8 Å². The zero-order valence-electron chi connectivity index (χ0n) is 21.4. The van der Waals surface area contributed by atoms with Crippen LogP contribution in [0.25, 0.3) is 5.57 Å². The van der Waals surface area contributed by atoms with E-state index in [9.17, 15) is 9.90 Å². The van der Waals surface area contributed by atoms with Gasteiger partial charge < -0.3 is 19.5 Å². The van der Waals surface area contributed by atoms with Crippen molar-refractivity contribution in [3.8, 4) is 0 Å². The standard InChI is InChI=1S/C28H42FNO4/c1-27(2,3)34-26(31)30-18-11-14-22(20-30)28(32,17-8-9-19-33-4)23-15-10-16-24(29)25(23)21-12-6-5-7-13-21/h10,12,15-16,22,32H,5-9,11,13-14,17-20H2,1-4H3/t22?,28-/m0/s1. The summed E-state index contributed by atoms with van der Waals surface area (Å²) in [7, 11) is 1.67. The van der Waals surface area contributed by atoms with Crippen molar-refractivity contribution in [2.75, 3.05) is 26.8 Å². The number of ether oxygens (including phenoxy) is 2. The van der Waals surface area contributed by atoms with Crippen molar-refractivity contribution in [1.29, 1.82) is 0 Å². The van der Waals surface area contributed by atoms with Crippen LogP contribution >= 0.6 is 0 Å². The highest BCUT2D eigenvalue weighted by Crippen LogP contribution is 2.44. The number of amides is 1. The number of piperidine rings is 1. The van der Waals surface area contributed by atoms with Crippen LogP contribution in [0.4, 0.5) is 9.18 Å². The van der Waals surface area contributed by atoms with Gasteiger partial charge in [0.1, 0.15) is 11.4 Å². The maximum atomic E-state index is 15.3. The fourth-order valence-corrected chi connectivity index (χ4v) is 5.34. The van der Waals surface area contributed by atoms with Gasteiger partial charge in [-0.3, -0.25) is 0 Å². The van der Waals surface area contributed by atoms with Gasteiger partial charge in [-0.15, -0.1) is 0 Å². The third kappa shape index (κ3) is 6.60. The van der Waals surface area contributed by atoms with Gasteiger partial charge >= 0.3 is 6.09 Å². The number of carbonyl (C=O) groups excluding carboxylic acids is 1. The predicted octanol–water partition coefficient (Wildman–Crippen LogP) is 6.43. The number of methoxy groups -OCH3 is 1. The predicted molar refractivity (Wildman–Crippen MR) is 133 cm³/mol. The van der Waals surface area contributed by atoms with E-state index in [1.165, 1.54) is 6.07 Å². The third-order valence-corrected chi connectivity index (χ3v) is 7.00. The average molecular weight is 476 g/mol. The van der Waals surface area contributed by atoms with Crippen molar-refractivity contribution in [3.63, 3.8) is 0 Å². The number of halogens is 1. The first-order chi connectivity index (χ1) is 16.2. The summed E-state index contributed by atoms with van der Waals surface area (Å²) in [5.41, 5.74) is 0.391. The van der Waals surface area contributed by atoms with Gasteiger partial charge in [0.2, 0.25) is 0 Å². The quantitative estimate of drug-likeness (QED) is 0.440. The number of aliphatic hydroxyl groups is 1. The van der Waals surface area contributed by atoms with E-state index < -0.39 is 11.2 Å². The molecule has 0 spiro atoms. The molecule has 1 amide bonds. The first-order valence-electron chi connectivity index (χ1n) is 12.8. The zero-order chi connectivity index (χ0) is 24.8. The van der Waals surface area contributed by atoms with Crippen molar-refractivity contribution in [2.45, 2.75) is 89.8 Å². The van der Waals surface area contributed by atoms with Gasteiger partial charge in [-0.1, -0.05) is 18.2 Å². The first kappa shape index (κ1) is 26.7. The number of carbonyl (C=O) groups is 1. The van der Waals surface area contributed by atoms with E-state index in [2.05, 4.69) is 6.08 Å². The van der Waals surface area contributed by atoms with Crippen LogP contribution in [0.3, 0.4) is 0 Å². The van der Waals surface area contributed by atoms with Crippen molar-refractivity contribution in [1.82, 2.24) is 4.90 Å². The summed E-state index contributed by atoms with van der Waals surface area (Å²) in [6.45, 7) is 7.18. The fourth-order valence-electron chi connectivity index (χ4n) is 5.34. The molecule has 0 saturated carbocycles. The molecule has 2 atom stereocenters. The Balaban J connectivity index is 1.96. The molecule has 0 bridgehead atoms. The Bertz CT molecular complexity index is 862. The SMILES string of the molecule is COCCCC[C@@](O)(c1cccc(F)c1C1=CCCCC1)C1CCCN(C(=O)OC(C)(C)C)C1. The Labute approximate surface area is 204 Å². The molecule has 190 valence electrons. The number of hydrogen-bond donors (Lipinski definition) is 1. The third-order valence-electron chi connectivity index (χ3n) is 7.00. The monoisotopic (exact) mass is 475 g/mol. The normalized spacial score (nSPS) is 21.1. The second-order valence-electron chi connectivity index (χ2n) is 10.8. The minimum absolute atomic E-state index is 0.207. The number of rotatable bonds is 8. The molecule has 1 aliphatic carbocycles. The highest BCUT2D eigenvalue weighted by Gasteiger charge is 2.43. The maximum Gasteiger partial charge on any atom is 0.410 e. The summed E-state index contributed by atoms with van der Waals surface area (Å²) in [6.07, 6.45) is 9.28. The molecule has 0 radical (unpaired) electrons. The van der Waals surface area contributed by atoms with Gasteiger partial charge in [0, 0.05) is 38.3 Å². The van der Waals surface area contributed by atoms with Crippen LogP contribution in [0.5, 0.6) is 0 Å². The van der Waals surface area contributed by atoms with Crippen LogP contribution < -0.4 is 0 Å². The minimum atomic E-state index is -1.25. The van der Waals surface area contributed by atoms with Crippen LogP contribution in [-0.2, 0) is 15.1 Å². The Morgan fingerprint density at radius 2 is 2.00 bits per heavy atom. The number of hydrogen-bond acceptors (Lipinski definition) is 4. The molecule has 1 aliphatic heterocycles. The minimum Gasteiger partial charge on any atom is -0.444 e. The molecule has 1 heterocycles. The van der Waals surface area contributed by atoms with Gasteiger partial charge in [-0.25, -0.2) is 9.18 Å². The average Bonchev–Trinajstić information content (AvgIpc) is 2.81. The molecule has 1 aromatic carbocycles. The highest BCUT2D eigenvalue weighted by atomic mass is 19.1. The summed E-state index contributed by atoms with van der Waals surface area (Å²) < 4.78 is 26.1. The van der Waals surface area contributed by atoms with Crippen LogP contribution in [0.2, 0.25) is 0 Å². The second kappa shape index (κ2) is 11.7. The number of benzene rings is 1. The molecule has 6 heteroatoms. The lowest BCUT2D eigenvalue weighted by Gasteiger charge is -2.44. The lowest BCUT2D eigenvalue weighted by atomic mass is 9.71. The number of likely N-dealkylation sites (tertiary alicyclic amines) is 1. The largest absolute Gasteiger partial charge is 0.444 e. The van der Waals surface area contributed by atoms with Gasteiger partial charge in [0.25, 0.3) is 0 Å². The molecule has 1 unspecified atom stereocenters. The van der Waals surface area contributed by atoms with Crippen LogP contribution in [0.1, 0.15) is 89.7 Å². The van der Waals surface area contributed by atoms with E-state index >= 15 is 4.39 Å². The molecule has 34 heavy (non-hydrogen) atoms. The molecule has 1 saturated heterocycles. The summed E-state index contributed by atoms with van der Waals surface area (Å²) in [4.78, 5) is 14.5. The summed E-state index contributed by atoms with van der Waals surface area (Å²) in [6, 6.07) is 5.08. The first-order valence-corrected chi connectivity index (χ1v) is 12.8. The molecule has 0 aromatic heterocycles. The molecule has 3 rings (SSSR count). The fraction of sp³-hybridized carbons (Fsp3) is 0.679.